The second-order valence-electron chi connectivity index (χ2n) is 5.95. The molecule has 1 amide bonds. The molecule has 0 bridgehead atoms. The molecular weight excluding hydrogens is 284 g/mol. The van der Waals surface area contributed by atoms with Crippen LogP contribution in [0.25, 0.3) is 0 Å². The third kappa shape index (κ3) is 3.45. The van der Waals surface area contributed by atoms with E-state index >= 15 is 0 Å². The van der Waals surface area contributed by atoms with Crippen molar-refractivity contribution in [3.8, 4) is 0 Å². The zero-order valence-electron chi connectivity index (χ0n) is 13.2. The van der Waals surface area contributed by atoms with Crippen LogP contribution in [0.5, 0.6) is 0 Å². The molecule has 0 radical (unpaired) electrons. The Morgan fingerprint density at radius 1 is 1.36 bits per heavy atom. The molecule has 1 atom stereocenters. The number of ether oxygens (including phenoxy) is 1. The predicted molar refractivity (Wildman–Crippen MR) is 81.7 cm³/mol. The minimum atomic E-state index is -0.934. The number of hydrogen-bond donors (Lipinski definition) is 1. The Bertz CT molecular complexity index is 573. The van der Waals surface area contributed by atoms with Crippen molar-refractivity contribution in [3.63, 3.8) is 0 Å². The fourth-order valence-corrected chi connectivity index (χ4v) is 2.80. The van der Waals surface area contributed by atoms with Gasteiger partial charge in [0.05, 0.1) is 12.2 Å². The van der Waals surface area contributed by atoms with E-state index in [2.05, 4.69) is 4.90 Å². The summed E-state index contributed by atoms with van der Waals surface area (Å²) < 4.78 is 5.68. The van der Waals surface area contributed by atoms with Crippen LogP contribution < -0.4 is 0 Å². The molecule has 6 nitrogen and oxygen atoms in total. The monoisotopic (exact) mass is 306 g/mol. The summed E-state index contributed by atoms with van der Waals surface area (Å²) >= 11 is 0. The van der Waals surface area contributed by atoms with Crippen molar-refractivity contribution in [2.24, 2.45) is 0 Å². The molecule has 1 N–H and O–H groups in total. The number of hydrogen-bond acceptors (Lipinski definition) is 4. The molecule has 0 aliphatic carbocycles. The van der Waals surface area contributed by atoms with Crippen molar-refractivity contribution in [3.05, 3.63) is 35.4 Å². The minimum absolute atomic E-state index is 0.0799. The van der Waals surface area contributed by atoms with Gasteiger partial charge in [0.25, 0.3) is 5.91 Å². The summed E-state index contributed by atoms with van der Waals surface area (Å²) in [5, 5.41) is 9.25. The molecule has 120 valence electrons. The lowest BCUT2D eigenvalue weighted by molar-refractivity contribution is -0.165. The van der Waals surface area contributed by atoms with Gasteiger partial charge in [0, 0.05) is 33.7 Å². The molecule has 1 aliphatic heterocycles. The number of benzene rings is 1. The molecule has 2 rings (SSSR count). The number of carbonyl (C=O) groups excluding carboxylic acids is 1. The van der Waals surface area contributed by atoms with Crippen LogP contribution in [0, 0.1) is 0 Å². The molecule has 1 aromatic carbocycles. The van der Waals surface area contributed by atoms with Gasteiger partial charge in [-0.05, 0) is 18.6 Å². The zero-order chi connectivity index (χ0) is 16.3. The van der Waals surface area contributed by atoms with Crippen LogP contribution in [0.4, 0.5) is 0 Å². The maximum atomic E-state index is 12.3. The second-order valence-corrected chi connectivity index (χ2v) is 5.95. The second kappa shape index (κ2) is 6.46. The number of carboxylic acids is 1. The van der Waals surface area contributed by atoms with Crippen LogP contribution in [0.3, 0.4) is 0 Å². The lowest BCUT2D eigenvalue weighted by Crippen LogP contribution is -2.57. The van der Waals surface area contributed by atoms with Gasteiger partial charge in [-0.3, -0.25) is 9.69 Å². The highest BCUT2D eigenvalue weighted by atomic mass is 16.5. The van der Waals surface area contributed by atoms with E-state index in [1.807, 2.05) is 12.1 Å². The van der Waals surface area contributed by atoms with Gasteiger partial charge in [-0.1, -0.05) is 18.2 Å². The predicted octanol–water partition coefficient (Wildman–Crippen LogP) is 1.06. The minimum Gasteiger partial charge on any atom is -0.478 e. The Labute approximate surface area is 130 Å². The number of carbonyl (C=O) groups is 2. The summed E-state index contributed by atoms with van der Waals surface area (Å²) in [5.41, 5.74) is 0.158. The van der Waals surface area contributed by atoms with Crippen molar-refractivity contribution in [1.29, 1.82) is 0 Å². The first-order valence-electron chi connectivity index (χ1n) is 7.23. The lowest BCUT2D eigenvalue weighted by Gasteiger charge is -2.40. The van der Waals surface area contributed by atoms with Crippen LogP contribution in [0.15, 0.2) is 24.3 Å². The fourth-order valence-electron chi connectivity index (χ4n) is 2.80. The van der Waals surface area contributed by atoms with Gasteiger partial charge in [0.2, 0.25) is 0 Å². The number of carboxylic acid groups (broad SMARTS) is 1. The molecule has 1 aromatic rings. The van der Waals surface area contributed by atoms with E-state index in [4.69, 9.17) is 4.74 Å². The molecule has 0 saturated carbocycles. The molecular formula is C16H22N2O4. The summed E-state index contributed by atoms with van der Waals surface area (Å²) in [6, 6.07) is 6.95. The largest absolute Gasteiger partial charge is 0.478 e. The molecule has 6 heteroatoms. The summed E-state index contributed by atoms with van der Waals surface area (Å²) in [5.74, 6) is -1.01. The number of amides is 1. The van der Waals surface area contributed by atoms with Gasteiger partial charge in [-0.2, -0.15) is 0 Å². The van der Waals surface area contributed by atoms with E-state index in [1.54, 1.807) is 33.2 Å². The number of likely N-dealkylation sites (N-methyl/N-ethyl adjacent to an activating group) is 1. The van der Waals surface area contributed by atoms with Gasteiger partial charge >= 0.3 is 5.97 Å². The molecule has 0 aromatic heterocycles. The Morgan fingerprint density at radius 2 is 2.05 bits per heavy atom. The Kier molecular flexibility index (Phi) is 4.83. The average molecular weight is 306 g/mol. The average Bonchev–Trinajstić information content (AvgIpc) is 2.46. The van der Waals surface area contributed by atoms with E-state index in [9.17, 15) is 14.7 Å². The van der Waals surface area contributed by atoms with Gasteiger partial charge in [-0.15, -0.1) is 0 Å². The summed E-state index contributed by atoms with van der Waals surface area (Å²) in [6.07, 6.45) is 0. The van der Waals surface area contributed by atoms with Crippen LogP contribution in [-0.4, -0.2) is 66.2 Å². The molecule has 1 fully saturated rings. The standard InChI is InChI=1S/C16H22N2O4/c1-16(15(21)17(2)3)11-18(8-9-22-16)10-12-6-4-5-7-13(12)14(19)20/h4-7H,8-11H2,1-3H3,(H,19,20)/t16-/m1/s1. The van der Waals surface area contributed by atoms with E-state index in [-0.39, 0.29) is 5.91 Å². The van der Waals surface area contributed by atoms with Crippen LogP contribution in [0.2, 0.25) is 0 Å². The fraction of sp³-hybridized carbons (Fsp3) is 0.500. The van der Waals surface area contributed by atoms with Gasteiger partial charge in [0.1, 0.15) is 0 Å². The number of aromatic carboxylic acids is 1. The van der Waals surface area contributed by atoms with Gasteiger partial charge in [-0.25, -0.2) is 4.79 Å². The third-order valence-corrected chi connectivity index (χ3v) is 3.85. The zero-order valence-corrected chi connectivity index (χ0v) is 13.2. The number of morpholine rings is 1. The molecule has 1 saturated heterocycles. The van der Waals surface area contributed by atoms with Crippen molar-refractivity contribution < 1.29 is 19.4 Å². The normalized spacial score (nSPS) is 22.3. The Balaban J connectivity index is 2.14. The van der Waals surface area contributed by atoms with Crippen LogP contribution in [0.1, 0.15) is 22.8 Å². The van der Waals surface area contributed by atoms with Crippen molar-refractivity contribution in [1.82, 2.24) is 9.80 Å². The first-order chi connectivity index (χ1) is 10.3. The van der Waals surface area contributed by atoms with E-state index in [0.29, 0.717) is 31.8 Å². The highest BCUT2D eigenvalue weighted by molar-refractivity contribution is 5.89. The van der Waals surface area contributed by atoms with E-state index < -0.39 is 11.6 Å². The van der Waals surface area contributed by atoms with Crippen molar-refractivity contribution >= 4 is 11.9 Å². The number of nitrogens with zero attached hydrogens (tertiary/aromatic N) is 2. The van der Waals surface area contributed by atoms with Gasteiger partial charge in [0.15, 0.2) is 5.60 Å². The van der Waals surface area contributed by atoms with Crippen LogP contribution in [-0.2, 0) is 16.1 Å². The van der Waals surface area contributed by atoms with Crippen LogP contribution >= 0.6 is 0 Å². The maximum Gasteiger partial charge on any atom is 0.336 e. The highest BCUT2D eigenvalue weighted by Gasteiger charge is 2.40. The summed E-state index contributed by atoms with van der Waals surface area (Å²) in [7, 11) is 3.41. The molecule has 1 aliphatic rings. The highest BCUT2D eigenvalue weighted by Crippen LogP contribution is 2.22. The van der Waals surface area contributed by atoms with E-state index in [1.165, 1.54) is 4.90 Å². The molecule has 1 heterocycles. The third-order valence-electron chi connectivity index (χ3n) is 3.85. The van der Waals surface area contributed by atoms with Gasteiger partial charge < -0.3 is 14.7 Å². The first-order valence-corrected chi connectivity index (χ1v) is 7.23. The quantitative estimate of drug-likeness (QED) is 0.901. The maximum absolute atomic E-state index is 12.3. The molecule has 22 heavy (non-hydrogen) atoms. The summed E-state index contributed by atoms with van der Waals surface area (Å²) in [6.45, 7) is 3.83. The van der Waals surface area contributed by atoms with E-state index in [0.717, 1.165) is 5.56 Å². The van der Waals surface area contributed by atoms with Crippen molar-refractivity contribution in [2.45, 2.75) is 19.1 Å². The topological polar surface area (TPSA) is 70.1 Å². The van der Waals surface area contributed by atoms with Crippen molar-refractivity contribution in [2.75, 3.05) is 33.8 Å². The summed E-state index contributed by atoms with van der Waals surface area (Å²) in [4.78, 5) is 27.1. The SMILES string of the molecule is CN(C)C(=O)[C@@]1(C)CN(Cc2ccccc2C(=O)O)CCO1. The Morgan fingerprint density at radius 3 is 2.68 bits per heavy atom. The molecule has 0 unspecified atom stereocenters. The smallest absolute Gasteiger partial charge is 0.336 e. The lowest BCUT2D eigenvalue weighted by atomic mass is 10.0. The Hall–Kier alpha value is -1.92. The molecule has 0 spiro atoms. The first kappa shape index (κ1) is 16.5. The number of rotatable bonds is 4.